The average Bonchev–Trinajstić information content (AvgIpc) is 2.29. The molecule has 0 fully saturated rings. The molecule has 0 unspecified atom stereocenters. The molecule has 1 aliphatic heterocycles. The van der Waals surface area contributed by atoms with Crippen LogP contribution >= 0.6 is 15.9 Å². The SMILES string of the molecule is O=C1Nc2ccc(Br)c(C(F)(F)F)c2C(=O)C1=NO. The van der Waals surface area contributed by atoms with Gasteiger partial charge in [-0.2, -0.15) is 13.2 Å². The molecule has 0 radical (unpaired) electrons. The highest BCUT2D eigenvalue weighted by atomic mass is 79.9. The Labute approximate surface area is 112 Å². The highest BCUT2D eigenvalue weighted by molar-refractivity contribution is 9.10. The minimum atomic E-state index is -4.80. The van der Waals surface area contributed by atoms with Gasteiger partial charge in [0.05, 0.1) is 16.8 Å². The number of hydrogen-bond acceptors (Lipinski definition) is 4. The first-order chi connectivity index (χ1) is 8.77. The number of halogens is 4. The summed E-state index contributed by atoms with van der Waals surface area (Å²) in [6.07, 6.45) is -4.80. The highest BCUT2D eigenvalue weighted by Gasteiger charge is 2.43. The second kappa shape index (κ2) is 4.34. The van der Waals surface area contributed by atoms with E-state index < -0.39 is 34.7 Å². The van der Waals surface area contributed by atoms with Crippen LogP contribution in [0.15, 0.2) is 21.8 Å². The van der Waals surface area contributed by atoms with Crippen molar-refractivity contribution in [3.05, 3.63) is 27.7 Å². The van der Waals surface area contributed by atoms with Gasteiger partial charge >= 0.3 is 6.18 Å². The molecule has 5 nitrogen and oxygen atoms in total. The zero-order chi connectivity index (χ0) is 14.4. The number of carbonyl (C=O) groups is 2. The van der Waals surface area contributed by atoms with Gasteiger partial charge in [0.25, 0.3) is 5.91 Å². The van der Waals surface area contributed by atoms with E-state index in [2.05, 4.69) is 26.4 Å². The Bertz CT molecular complexity index is 625. The van der Waals surface area contributed by atoms with E-state index in [0.717, 1.165) is 12.1 Å². The molecular weight excluding hydrogens is 333 g/mol. The van der Waals surface area contributed by atoms with Gasteiger partial charge in [-0.3, -0.25) is 9.59 Å². The number of hydrogen-bond donors (Lipinski definition) is 2. The number of amides is 1. The van der Waals surface area contributed by atoms with Crippen molar-refractivity contribution in [1.29, 1.82) is 0 Å². The smallest absolute Gasteiger partial charge is 0.410 e. The van der Waals surface area contributed by atoms with E-state index in [4.69, 9.17) is 5.21 Å². The molecular formula is C10H4BrF3N2O3. The predicted molar refractivity (Wildman–Crippen MR) is 61.3 cm³/mol. The Morgan fingerprint density at radius 2 is 1.89 bits per heavy atom. The summed E-state index contributed by atoms with van der Waals surface area (Å²) in [7, 11) is 0. The molecule has 2 rings (SSSR count). The van der Waals surface area contributed by atoms with Crippen LogP contribution in [0.3, 0.4) is 0 Å². The first-order valence-electron chi connectivity index (χ1n) is 4.75. The van der Waals surface area contributed by atoms with Gasteiger partial charge in [0.2, 0.25) is 11.5 Å². The molecule has 0 bridgehead atoms. The van der Waals surface area contributed by atoms with Gasteiger partial charge in [-0.05, 0) is 12.1 Å². The average molecular weight is 337 g/mol. The first-order valence-corrected chi connectivity index (χ1v) is 5.54. The second-order valence-electron chi connectivity index (χ2n) is 3.57. The Hall–Kier alpha value is -1.90. The maximum Gasteiger partial charge on any atom is 0.418 e. The number of rotatable bonds is 0. The van der Waals surface area contributed by atoms with Gasteiger partial charge in [0.15, 0.2) is 0 Å². The first kappa shape index (κ1) is 13.5. The van der Waals surface area contributed by atoms with Crippen LogP contribution in [0.25, 0.3) is 0 Å². The van der Waals surface area contributed by atoms with Crippen molar-refractivity contribution in [2.75, 3.05) is 5.32 Å². The lowest BCUT2D eigenvalue weighted by Crippen LogP contribution is -2.37. The molecule has 9 heteroatoms. The molecule has 2 N–H and O–H groups in total. The fourth-order valence-electron chi connectivity index (χ4n) is 1.69. The van der Waals surface area contributed by atoms with Crippen LogP contribution < -0.4 is 5.32 Å². The van der Waals surface area contributed by atoms with Gasteiger partial charge in [0, 0.05) is 4.47 Å². The highest BCUT2D eigenvalue weighted by Crippen LogP contribution is 2.41. The van der Waals surface area contributed by atoms with Crippen molar-refractivity contribution >= 4 is 39.0 Å². The maximum atomic E-state index is 12.9. The number of oxime groups is 1. The zero-order valence-electron chi connectivity index (χ0n) is 8.88. The van der Waals surface area contributed by atoms with E-state index in [-0.39, 0.29) is 10.2 Å². The lowest BCUT2D eigenvalue weighted by molar-refractivity contribution is -0.138. The molecule has 1 heterocycles. The summed E-state index contributed by atoms with van der Waals surface area (Å²) in [5.41, 5.74) is -3.25. The lowest BCUT2D eigenvalue weighted by atomic mass is 9.94. The molecule has 1 aromatic rings. The van der Waals surface area contributed by atoms with Crippen molar-refractivity contribution in [1.82, 2.24) is 0 Å². The number of benzene rings is 1. The van der Waals surface area contributed by atoms with Crippen LogP contribution in [0.2, 0.25) is 0 Å². The maximum absolute atomic E-state index is 12.9. The van der Waals surface area contributed by atoms with Crippen LogP contribution in [0.5, 0.6) is 0 Å². The van der Waals surface area contributed by atoms with E-state index in [0.29, 0.717) is 0 Å². The van der Waals surface area contributed by atoms with Gasteiger partial charge in [-0.15, -0.1) is 0 Å². The van der Waals surface area contributed by atoms with Crippen molar-refractivity contribution in [3.8, 4) is 0 Å². The van der Waals surface area contributed by atoms with E-state index >= 15 is 0 Å². The minimum Gasteiger partial charge on any atom is -0.410 e. The Morgan fingerprint density at radius 3 is 2.42 bits per heavy atom. The number of fused-ring (bicyclic) bond motifs is 1. The third kappa shape index (κ3) is 2.09. The Kier molecular flexibility index (Phi) is 3.09. The minimum absolute atomic E-state index is 0.280. The van der Waals surface area contributed by atoms with Gasteiger partial charge in [-0.25, -0.2) is 0 Å². The normalized spacial score (nSPS) is 17.4. The number of anilines is 1. The summed E-state index contributed by atoms with van der Waals surface area (Å²) in [6, 6.07) is 2.22. The summed E-state index contributed by atoms with van der Waals surface area (Å²) < 4.78 is 38.5. The molecule has 0 atom stereocenters. The summed E-state index contributed by atoms with van der Waals surface area (Å²) in [6.45, 7) is 0. The molecule has 0 saturated heterocycles. The summed E-state index contributed by atoms with van der Waals surface area (Å²) >= 11 is 2.71. The van der Waals surface area contributed by atoms with Crippen molar-refractivity contribution in [3.63, 3.8) is 0 Å². The number of alkyl halides is 3. The molecule has 1 amide bonds. The van der Waals surface area contributed by atoms with Gasteiger partial charge in [-0.1, -0.05) is 21.1 Å². The standard InChI is InChI=1S/C10H4BrF3N2O3/c11-3-1-2-4-5(6(3)10(12,13)14)8(17)7(16-19)9(18)15-4/h1-2,19H,(H,15,18). The topological polar surface area (TPSA) is 78.8 Å². The fourth-order valence-corrected chi connectivity index (χ4v) is 2.24. The third-order valence-corrected chi connectivity index (χ3v) is 3.10. The third-order valence-electron chi connectivity index (χ3n) is 2.44. The van der Waals surface area contributed by atoms with Crippen molar-refractivity contribution in [2.24, 2.45) is 5.16 Å². The molecule has 0 spiro atoms. The van der Waals surface area contributed by atoms with Crippen LogP contribution in [0, 0.1) is 0 Å². The van der Waals surface area contributed by atoms with E-state index in [1.165, 1.54) is 0 Å². The molecule has 100 valence electrons. The number of carbonyl (C=O) groups excluding carboxylic acids is 2. The van der Waals surface area contributed by atoms with E-state index in [1.54, 1.807) is 0 Å². The van der Waals surface area contributed by atoms with Gasteiger partial charge in [0.1, 0.15) is 0 Å². The summed E-state index contributed by atoms with van der Waals surface area (Å²) in [5.74, 6) is -2.34. The van der Waals surface area contributed by atoms with Crippen LogP contribution in [-0.4, -0.2) is 22.6 Å². The monoisotopic (exact) mass is 336 g/mol. The lowest BCUT2D eigenvalue weighted by Gasteiger charge is -2.21. The fraction of sp³-hybridized carbons (Fsp3) is 0.100. The molecule has 0 aliphatic carbocycles. The Morgan fingerprint density at radius 1 is 1.26 bits per heavy atom. The van der Waals surface area contributed by atoms with Crippen LogP contribution in [0.4, 0.5) is 18.9 Å². The number of nitrogens with zero attached hydrogens (tertiary/aromatic N) is 1. The summed E-state index contributed by atoms with van der Waals surface area (Å²) in [4.78, 5) is 23.1. The number of nitrogens with one attached hydrogen (secondary N) is 1. The summed E-state index contributed by atoms with van der Waals surface area (Å²) in [5, 5.41) is 13.0. The van der Waals surface area contributed by atoms with E-state index in [9.17, 15) is 22.8 Å². The molecule has 19 heavy (non-hydrogen) atoms. The molecule has 0 aromatic heterocycles. The predicted octanol–water partition coefficient (Wildman–Crippen LogP) is 2.43. The molecule has 1 aliphatic rings. The van der Waals surface area contributed by atoms with Crippen LogP contribution in [-0.2, 0) is 11.0 Å². The zero-order valence-corrected chi connectivity index (χ0v) is 10.5. The molecule has 1 aromatic carbocycles. The Balaban J connectivity index is 2.79. The van der Waals surface area contributed by atoms with E-state index in [1.807, 2.05) is 0 Å². The van der Waals surface area contributed by atoms with Crippen molar-refractivity contribution in [2.45, 2.75) is 6.18 Å². The van der Waals surface area contributed by atoms with Crippen LogP contribution in [0.1, 0.15) is 15.9 Å². The number of ketones is 1. The largest absolute Gasteiger partial charge is 0.418 e. The van der Waals surface area contributed by atoms with Gasteiger partial charge < -0.3 is 10.5 Å². The number of Topliss-reactive ketones (excluding diaryl/α,β-unsaturated/α-hetero) is 1. The van der Waals surface area contributed by atoms with Crippen molar-refractivity contribution < 1.29 is 28.0 Å². The second-order valence-corrected chi connectivity index (χ2v) is 4.43. The molecule has 0 saturated carbocycles. The quantitative estimate of drug-likeness (QED) is 0.564.